The fourth-order valence-electron chi connectivity index (χ4n) is 1.59. The van der Waals surface area contributed by atoms with Crippen LogP contribution in [0.5, 0.6) is 0 Å². The van der Waals surface area contributed by atoms with Crippen molar-refractivity contribution in [1.29, 1.82) is 0 Å². The molecular formula is C9H20N4O2S3. The standard InChI is InChI=1S/C9H20N4O2S3/c1-16-10-17-7-2-8-18-12-5-3-11(4-6-12)9-13(14)15/h10H,2-9H2,1H3. The lowest BCUT2D eigenvalue weighted by Gasteiger charge is -2.31. The van der Waals surface area contributed by atoms with Gasteiger partial charge in [-0.15, -0.1) is 0 Å². The van der Waals surface area contributed by atoms with Gasteiger partial charge >= 0.3 is 0 Å². The number of nitrogens with zero attached hydrogens (tertiary/aromatic N) is 3. The van der Waals surface area contributed by atoms with E-state index in [-0.39, 0.29) is 11.6 Å². The molecule has 1 fully saturated rings. The van der Waals surface area contributed by atoms with Gasteiger partial charge in [0.25, 0.3) is 6.67 Å². The van der Waals surface area contributed by atoms with Crippen molar-refractivity contribution in [3.8, 4) is 0 Å². The molecule has 106 valence electrons. The summed E-state index contributed by atoms with van der Waals surface area (Å²) < 4.78 is 5.47. The molecule has 1 N–H and O–H groups in total. The van der Waals surface area contributed by atoms with Crippen LogP contribution in [0.25, 0.3) is 0 Å². The first-order valence-corrected chi connectivity index (χ1v) is 8.99. The predicted octanol–water partition coefficient (Wildman–Crippen LogP) is 1.39. The highest BCUT2D eigenvalue weighted by Crippen LogP contribution is 2.15. The van der Waals surface area contributed by atoms with Gasteiger partial charge in [0.15, 0.2) is 0 Å². The minimum Gasteiger partial charge on any atom is -0.263 e. The Kier molecular flexibility index (Phi) is 9.25. The Balaban J connectivity index is 1.97. The molecule has 18 heavy (non-hydrogen) atoms. The fourth-order valence-corrected chi connectivity index (χ4v) is 3.82. The van der Waals surface area contributed by atoms with Gasteiger partial charge in [0, 0.05) is 42.6 Å². The van der Waals surface area contributed by atoms with Crippen molar-refractivity contribution in [3.05, 3.63) is 10.1 Å². The Morgan fingerprint density at radius 1 is 1.28 bits per heavy atom. The second-order valence-electron chi connectivity index (χ2n) is 3.84. The zero-order valence-corrected chi connectivity index (χ0v) is 13.0. The Hall–Kier alpha value is 0.330. The summed E-state index contributed by atoms with van der Waals surface area (Å²) in [6.07, 6.45) is 3.20. The molecule has 0 aromatic rings. The van der Waals surface area contributed by atoms with Crippen molar-refractivity contribution < 1.29 is 4.92 Å². The Morgan fingerprint density at radius 2 is 2.00 bits per heavy atom. The summed E-state index contributed by atoms with van der Waals surface area (Å²) in [4.78, 5) is 12.0. The van der Waals surface area contributed by atoms with E-state index in [1.165, 1.54) is 6.42 Å². The Morgan fingerprint density at radius 3 is 2.61 bits per heavy atom. The molecule has 0 amide bonds. The van der Waals surface area contributed by atoms with Gasteiger partial charge in [-0.3, -0.25) is 10.1 Å². The van der Waals surface area contributed by atoms with Gasteiger partial charge < -0.3 is 0 Å². The van der Waals surface area contributed by atoms with Crippen LogP contribution < -0.4 is 4.13 Å². The third kappa shape index (κ3) is 7.70. The van der Waals surface area contributed by atoms with Crippen LogP contribution in [0.4, 0.5) is 0 Å². The largest absolute Gasteiger partial charge is 0.263 e. The van der Waals surface area contributed by atoms with Gasteiger partial charge in [-0.1, -0.05) is 35.8 Å². The van der Waals surface area contributed by atoms with Crippen LogP contribution in [0.1, 0.15) is 6.42 Å². The monoisotopic (exact) mass is 312 g/mol. The Bertz CT molecular complexity index is 240. The molecule has 1 saturated heterocycles. The molecule has 0 bridgehead atoms. The van der Waals surface area contributed by atoms with Gasteiger partial charge in [-0.05, 0) is 12.7 Å². The molecule has 0 radical (unpaired) electrons. The molecule has 0 saturated carbocycles. The van der Waals surface area contributed by atoms with Gasteiger partial charge in [-0.2, -0.15) is 0 Å². The summed E-state index contributed by atoms with van der Waals surface area (Å²) in [5.74, 6) is 2.24. The molecule has 6 nitrogen and oxygen atoms in total. The van der Waals surface area contributed by atoms with E-state index in [2.05, 4.69) is 8.43 Å². The van der Waals surface area contributed by atoms with Crippen LogP contribution in [-0.4, -0.2) is 64.7 Å². The van der Waals surface area contributed by atoms with Crippen LogP contribution >= 0.6 is 35.8 Å². The molecule has 1 rings (SSSR count). The molecule has 0 aromatic heterocycles. The molecule has 0 atom stereocenters. The SMILES string of the molecule is CSNSCCCSN1CCN(C[N+](=O)[O-])CC1. The van der Waals surface area contributed by atoms with Crippen LogP contribution in [0.2, 0.25) is 0 Å². The molecule has 0 aromatic carbocycles. The third-order valence-electron chi connectivity index (χ3n) is 2.45. The summed E-state index contributed by atoms with van der Waals surface area (Å²) in [5.41, 5.74) is 0. The first-order valence-electron chi connectivity index (χ1n) is 5.84. The quantitative estimate of drug-likeness (QED) is 0.297. The van der Waals surface area contributed by atoms with E-state index in [9.17, 15) is 10.1 Å². The van der Waals surface area contributed by atoms with E-state index in [0.717, 1.165) is 37.7 Å². The van der Waals surface area contributed by atoms with Crippen molar-refractivity contribution >= 4 is 35.8 Å². The molecule has 1 aliphatic heterocycles. The van der Waals surface area contributed by atoms with E-state index in [4.69, 9.17) is 0 Å². The lowest BCUT2D eigenvalue weighted by Crippen LogP contribution is -2.45. The van der Waals surface area contributed by atoms with Crippen LogP contribution in [0, 0.1) is 10.1 Å². The van der Waals surface area contributed by atoms with E-state index < -0.39 is 0 Å². The topological polar surface area (TPSA) is 61.6 Å². The molecule has 0 unspecified atom stereocenters. The van der Waals surface area contributed by atoms with Crippen LogP contribution in [-0.2, 0) is 0 Å². The summed E-state index contributed by atoms with van der Waals surface area (Å²) in [6, 6.07) is 0. The number of nitro groups is 1. The Labute approximate surface area is 121 Å². The van der Waals surface area contributed by atoms with E-state index in [1.54, 1.807) is 23.9 Å². The first-order chi connectivity index (χ1) is 8.72. The molecule has 1 heterocycles. The minimum atomic E-state index is -0.251. The van der Waals surface area contributed by atoms with E-state index >= 15 is 0 Å². The lowest BCUT2D eigenvalue weighted by atomic mass is 10.4. The molecular weight excluding hydrogens is 292 g/mol. The predicted molar refractivity (Wildman–Crippen MR) is 81.2 cm³/mol. The first kappa shape index (κ1) is 16.4. The van der Waals surface area contributed by atoms with Gasteiger partial charge in [0.2, 0.25) is 0 Å². The summed E-state index contributed by atoms with van der Waals surface area (Å²) in [6.45, 7) is 3.44. The second-order valence-corrected chi connectivity index (χ2v) is 6.80. The summed E-state index contributed by atoms with van der Waals surface area (Å²) >= 11 is 5.24. The normalized spacial score (nSPS) is 18.1. The zero-order valence-electron chi connectivity index (χ0n) is 10.5. The van der Waals surface area contributed by atoms with Crippen molar-refractivity contribution in [2.75, 3.05) is 50.6 Å². The maximum Gasteiger partial charge on any atom is 0.259 e. The van der Waals surface area contributed by atoms with E-state index in [0.29, 0.717) is 0 Å². The minimum absolute atomic E-state index is 0.0184. The third-order valence-corrected chi connectivity index (χ3v) is 5.29. The molecule has 0 spiro atoms. The maximum absolute atomic E-state index is 10.4. The highest BCUT2D eigenvalue weighted by atomic mass is 32.2. The second kappa shape index (κ2) is 10.2. The van der Waals surface area contributed by atoms with Crippen molar-refractivity contribution in [1.82, 2.24) is 13.3 Å². The average Bonchev–Trinajstić information content (AvgIpc) is 2.35. The fraction of sp³-hybridized carbons (Fsp3) is 1.00. The number of hydrogen-bond acceptors (Lipinski definition) is 8. The smallest absolute Gasteiger partial charge is 0.259 e. The van der Waals surface area contributed by atoms with Gasteiger partial charge in [0.1, 0.15) is 0 Å². The van der Waals surface area contributed by atoms with Crippen molar-refractivity contribution in [2.24, 2.45) is 0 Å². The highest BCUT2D eigenvalue weighted by molar-refractivity contribution is 8.12. The number of piperazine rings is 1. The summed E-state index contributed by atoms with van der Waals surface area (Å²) in [7, 11) is 0. The maximum atomic E-state index is 10.4. The number of hydrogen-bond donors (Lipinski definition) is 1. The van der Waals surface area contributed by atoms with Gasteiger partial charge in [-0.25, -0.2) is 13.3 Å². The molecule has 0 aliphatic carbocycles. The number of rotatable bonds is 9. The van der Waals surface area contributed by atoms with Gasteiger partial charge in [0.05, 0.1) is 0 Å². The number of nitrogens with one attached hydrogen (secondary N) is 1. The summed E-state index contributed by atoms with van der Waals surface area (Å²) in [5, 5.41) is 10.4. The molecule has 9 heteroatoms. The highest BCUT2D eigenvalue weighted by Gasteiger charge is 2.19. The van der Waals surface area contributed by atoms with E-state index in [1.807, 2.05) is 23.1 Å². The zero-order chi connectivity index (χ0) is 13.2. The molecule has 1 aliphatic rings. The van der Waals surface area contributed by atoms with Crippen molar-refractivity contribution in [3.63, 3.8) is 0 Å². The van der Waals surface area contributed by atoms with Crippen LogP contribution in [0.15, 0.2) is 0 Å². The lowest BCUT2D eigenvalue weighted by molar-refractivity contribution is -0.504. The average molecular weight is 312 g/mol. The van der Waals surface area contributed by atoms with Crippen molar-refractivity contribution in [2.45, 2.75) is 6.42 Å². The van der Waals surface area contributed by atoms with Crippen LogP contribution in [0.3, 0.4) is 0 Å².